The van der Waals surface area contributed by atoms with Gasteiger partial charge in [-0.3, -0.25) is 0 Å². The molecule has 1 heterocycles. The summed E-state index contributed by atoms with van der Waals surface area (Å²) in [5.41, 5.74) is 4.68. The van der Waals surface area contributed by atoms with Crippen molar-refractivity contribution < 1.29 is 9.47 Å². The highest BCUT2D eigenvalue weighted by molar-refractivity contribution is 6.32. The summed E-state index contributed by atoms with van der Waals surface area (Å²) in [7, 11) is 5.97. The van der Waals surface area contributed by atoms with Crippen molar-refractivity contribution in [3.8, 4) is 22.9 Å². The molecular weight excluding hydrogens is 357 g/mol. The third kappa shape index (κ3) is 5.05. The van der Waals surface area contributed by atoms with Gasteiger partial charge < -0.3 is 9.47 Å². The third-order valence-electron chi connectivity index (χ3n) is 4.48. The first-order chi connectivity index (χ1) is 14.3. The van der Waals surface area contributed by atoms with Gasteiger partial charge in [0.15, 0.2) is 0 Å². The van der Waals surface area contributed by atoms with Crippen LogP contribution < -0.4 is 14.9 Å². The molecule has 29 heavy (non-hydrogen) atoms. The molecule has 140 valence electrons. The van der Waals surface area contributed by atoms with Crippen LogP contribution in [0.15, 0.2) is 97.1 Å². The van der Waals surface area contributed by atoms with Crippen LogP contribution in [0.2, 0.25) is 0 Å². The molecule has 4 heteroatoms. The maximum atomic E-state index is 6.08. The molecule has 3 aromatic carbocycles. The quantitative estimate of drug-likeness (QED) is 0.438. The normalized spacial score (nSPS) is 10.5. The van der Waals surface area contributed by atoms with Crippen molar-refractivity contribution in [1.29, 1.82) is 0 Å². The lowest BCUT2D eigenvalue weighted by molar-refractivity contribution is 0.268. The SMILES string of the molecule is [B]c1cccc(-c2ccc(OCc3ccccc3)nc2OCc2ccccc2)c1. The fourth-order valence-corrected chi connectivity index (χ4v) is 3.00. The first-order valence-electron chi connectivity index (χ1n) is 9.48. The van der Waals surface area contributed by atoms with Crippen molar-refractivity contribution >= 4 is 13.3 Å². The van der Waals surface area contributed by atoms with Crippen LogP contribution in [0, 0.1) is 0 Å². The highest BCUT2D eigenvalue weighted by atomic mass is 16.5. The van der Waals surface area contributed by atoms with Crippen LogP contribution in [0.4, 0.5) is 0 Å². The van der Waals surface area contributed by atoms with Gasteiger partial charge in [-0.2, -0.15) is 4.98 Å². The Balaban J connectivity index is 1.59. The van der Waals surface area contributed by atoms with Gasteiger partial charge in [-0.05, 0) is 22.8 Å². The summed E-state index contributed by atoms with van der Waals surface area (Å²) in [6, 6.07) is 31.5. The summed E-state index contributed by atoms with van der Waals surface area (Å²) in [6.07, 6.45) is 0. The van der Waals surface area contributed by atoms with Crippen LogP contribution in [0.3, 0.4) is 0 Å². The predicted molar refractivity (Wildman–Crippen MR) is 117 cm³/mol. The number of nitrogens with zero attached hydrogens (tertiary/aromatic N) is 1. The van der Waals surface area contributed by atoms with Crippen LogP contribution >= 0.6 is 0 Å². The van der Waals surface area contributed by atoms with E-state index in [1.165, 1.54) is 0 Å². The zero-order valence-electron chi connectivity index (χ0n) is 16.0. The molecule has 0 atom stereocenters. The standard InChI is InChI=1S/C25H20BNO2/c26-22-13-7-12-21(16-22)23-14-15-24(28-17-19-8-3-1-4-9-19)27-25(23)29-18-20-10-5-2-6-11-20/h1-16H,17-18H2. The molecular formula is C25H20BNO2. The van der Waals surface area contributed by atoms with Gasteiger partial charge in [0.05, 0.1) is 0 Å². The lowest BCUT2D eigenvalue weighted by Gasteiger charge is -2.14. The zero-order valence-corrected chi connectivity index (χ0v) is 16.0. The Morgan fingerprint density at radius 1 is 0.655 bits per heavy atom. The second-order valence-corrected chi connectivity index (χ2v) is 6.68. The van der Waals surface area contributed by atoms with Crippen molar-refractivity contribution in [2.75, 3.05) is 0 Å². The van der Waals surface area contributed by atoms with Crippen molar-refractivity contribution in [3.05, 3.63) is 108 Å². The second-order valence-electron chi connectivity index (χ2n) is 6.68. The van der Waals surface area contributed by atoms with E-state index >= 15 is 0 Å². The predicted octanol–water partition coefficient (Wildman–Crippen LogP) is 4.70. The lowest BCUT2D eigenvalue weighted by atomic mass is 9.92. The van der Waals surface area contributed by atoms with E-state index < -0.39 is 0 Å². The van der Waals surface area contributed by atoms with Gasteiger partial charge in [0.25, 0.3) is 0 Å². The average molecular weight is 377 g/mol. The van der Waals surface area contributed by atoms with E-state index in [0.717, 1.165) is 22.3 Å². The van der Waals surface area contributed by atoms with E-state index in [9.17, 15) is 0 Å². The molecule has 1 aromatic heterocycles. The van der Waals surface area contributed by atoms with Crippen LogP contribution in [0.25, 0.3) is 11.1 Å². The van der Waals surface area contributed by atoms with Crippen LogP contribution in [0.5, 0.6) is 11.8 Å². The molecule has 0 unspecified atom stereocenters. The lowest BCUT2D eigenvalue weighted by Crippen LogP contribution is -2.04. The molecule has 0 bridgehead atoms. The Hall–Kier alpha value is -3.53. The largest absolute Gasteiger partial charge is 0.473 e. The van der Waals surface area contributed by atoms with Crippen LogP contribution in [-0.2, 0) is 13.2 Å². The fourth-order valence-electron chi connectivity index (χ4n) is 3.00. The number of aromatic nitrogens is 1. The van der Waals surface area contributed by atoms with Crippen molar-refractivity contribution in [2.45, 2.75) is 13.2 Å². The van der Waals surface area contributed by atoms with Gasteiger partial charge in [-0.15, -0.1) is 0 Å². The minimum Gasteiger partial charge on any atom is -0.473 e. The van der Waals surface area contributed by atoms with Gasteiger partial charge in [-0.25, -0.2) is 0 Å². The molecule has 0 N–H and O–H groups in total. The summed E-state index contributed by atoms with van der Waals surface area (Å²) in [6.45, 7) is 0.870. The minimum atomic E-state index is 0.422. The number of pyridine rings is 1. The van der Waals surface area contributed by atoms with E-state index in [-0.39, 0.29) is 0 Å². The van der Waals surface area contributed by atoms with Crippen molar-refractivity contribution in [2.24, 2.45) is 0 Å². The molecule has 0 aliphatic carbocycles. The number of hydrogen-bond acceptors (Lipinski definition) is 3. The summed E-state index contributed by atoms with van der Waals surface area (Å²) < 4.78 is 12.0. The zero-order chi connectivity index (χ0) is 19.9. The van der Waals surface area contributed by atoms with E-state index in [0.29, 0.717) is 30.4 Å². The molecule has 3 nitrogen and oxygen atoms in total. The van der Waals surface area contributed by atoms with Crippen molar-refractivity contribution in [1.82, 2.24) is 4.98 Å². The topological polar surface area (TPSA) is 31.4 Å². The molecule has 0 fully saturated rings. The van der Waals surface area contributed by atoms with E-state index in [2.05, 4.69) is 4.98 Å². The van der Waals surface area contributed by atoms with Crippen molar-refractivity contribution in [3.63, 3.8) is 0 Å². The maximum absolute atomic E-state index is 6.08. The highest BCUT2D eigenvalue weighted by Crippen LogP contribution is 2.31. The monoisotopic (exact) mass is 377 g/mol. The number of benzene rings is 3. The Morgan fingerprint density at radius 3 is 1.97 bits per heavy atom. The van der Waals surface area contributed by atoms with Gasteiger partial charge in [-0.1, -0.05) is 90.4 Å². The fraction of sp³-hybridized carbons (Fsp3) is 0.0800. The van der Waals surface area contributed by atoms with E-state index in [4.69, 9.17) is 17.3 Å². The molecule has 4 rings (SSSR count). The first kappa shape index (κ1) is 18.8. The first-order valence-corrected chi connectivity index (χ1v) is 9.48. The van der Waals surface area contributed by atoms with Gasteiger partial charge in [0, 0.05) is 11.6 Å². The molecule has 0 saturated heterocycles. The number of rotatable bonds is 7. The Labute approximate surface area is 172 Å². The Kier molecular flexibility index (Phi) is 5.91. The van der Waals surface area contributed by atoms with E-state index in [1.807, 2.05) is 97.1 Å². The smallest absolute Gasteiger partial charge is 0.225 e. The average Bonchev–Trinajstić information content (AvgIpc) is 2.78. The summed E-state index contributed by atoms with van der Waals surface area (Å²) in [5, 5.41) is 0. The van der Waals surface area contributed by atoms with Crippen LogP contribution in [0.1, 0.15) is 11.1 Å². The molecule has 0 spiro atoms. The minimum absolute atomic E-state index is 0.422. The second kappa shape index (κ2) is 9.11. The Bertz CT molecular complexity index is 1070. The Morgan fingerprint density at radius 2 is 1.31 bits per heavy atom. The van der Waals surface area contributed by atoms with E-state index in [1.54, 1.807) is 0 Å². The number of ether oxygens (including phenoxy) is 2. The van der Waals surface area contributed by atoms with Gasteiger partial charge in [0.1, 0.15) is 21.1 Å². The van der Waals surface area contributed by atoms with Gasteiger partial charge >= 0.3 is 0 Å². The van der Waals surface area contributed by atoms with Crippen LogP contribution in [-0.4, -0.2) is 12.8 Å². The summed E-state index contributed by atoms with van der Waals surface area (Å²) in [5.74, 6) is 1.04. The molecule has 0 saturated carbocycles. The molecule has 2 radical (unpaired) electrons. The maximum Gasteiger partial charge on any atom is 0.225 e. The third-order valence-corrected chi connectivity index (χ3v) is 4.48. The van der Waals surface area contributed by atoms with Gasteiger partial charge in [0.2, 0.25) is 11.8 Å². The summed E-state index contributed by atoms with van der Waals surface area (Å²) >= 11 is 0. The number of hydrogen-bond donors (Lipinski definition) is 0. The molecule has 0 aliphatic rings. The molecule has 0 aliphatic heterocycles. The molecule has 4 aromatic rings. The summed E-state index contributed by atoms with van der Waals surface area (Å²) in [4.78, 5) is 4.62. The highest BCUT2D eigenvalue weighted by Gasteiger charge is 2.11. The molecule has 0 amide bonds.